The van der Waals surface area contributed by atoms with E-state index < -0.39 is 6.10 Å². The molecule has 4 heteroatoms. The monoisotopic (exact) mass is 282 g/mol. The molecule has 1 atom stereocenters. The summed E-state index contributed by atoms with van der Waals surface area (Å²) in [5.41, 5.74) is 0.676. The van der Waals surface area contributed by atoms with Gasteiger partial charge in [-0.3, -0.25) is 0 Å². The van der Waals surface area contributed by atoms with Crippen LogP contribution >= 0.6 is 23.2 Å². The molecule has 1 unspecified atom stereocenters. The average molecular weight is 283 g/mol. The van der Waals surface area contributed by atoms with Gasteiger partial charge in [0.2, 0.25) is 0 Å². The van der Waals surface area contributed by atoms with Gasteiger partial charge in [-0.2, -0.15) is 0 Å². The minimum atomic E-state index is -0.599. The van der Waals surface area contributed by atoms with Crippen LogP contribution in [0.15, 0.2) is 42.5 Å². The normalized spacial score (nSPS) is 12.2. The molecule has 0 saturated carbocycles. The van der Waals surface area contributed by atoms with E-state index >= 15 is 0 Å². The van der Waals surface area contributed by atoms with Crippen molar-refractivity contribution in [3.05, 3.63) is 58.1 Å². The van der Waals surface area contributed by atoms with Gasteiger partial charge < -0.3 is 9.84 Å². The summed E-state index contributed by atoms with van der Waals surface area (Å²) in [7, 11) is 0. The summed E-state index contributed by atoms with van der Waals surface area (Å²) in [6.07, 6.45) is -0.599. The highest BCUT2D eigenvalue weighted by atomic mass is 35.5. The number of hydrogen-bond acceptors (Lipinski definition) is 2. The molecule has 2 aromatic carbocycles. The zero-order valence-electron chi connectivity index (χ0n) is 9.73. The lowest BCUT2D eigenvalue weighted by Crippen LogP contribution is -1.93. The van der Waals surface area contributed by atoms with Gasteiger partial charge in [-0.05, 0) is 42.8 Å². The van der Waals surface area contributed by atoms with Crippen LogP contribution in [0, 0.1) is 0 Å². The second-order valence-corrected chi connectivity index (χ2v) is 4.76. The van der Waals surface area contributed by atoms with Crippen LogP contribution in [0.5, 0.6) is 11.5 Å². The molecule has 0 aliphatic heterocycles. The maximum atomic E-state index is 9.48. The Hall–Kier alpha value is -1.22. The largest absolute Gasteiger partial charge is 0.457 e. The van der Waals surface area contributed by atoms with Gasteiger partial charge in [0.15, 0.2) is 0 Å². The fourth-order valence-electron chi connectivity index (χ4n) is 1.58. The van der Waals surface area contributed by atoms with Crippen molar-refractivity contribution in [3.63, 3.8) is 0 Å². The second-order valence-electron chi connectivity index (χ2n) is 3.92. The van der Waals surface area contributed by atoms with Crippen LogP contribution in [-0.4, -0.2) is 5.11 Å². The van der Waals surface area contributed by atoms with Gasteiger partial charge in [0.1, 0.15) is 11.5 Å². The Morgan fingerprint density at radius 1 is 1.06 bits per heavy atom. The van der Waals surface area contributed by atoms with Crippen LogP contribution in [-0.2, 0) is 0 Å². The van der Waals surface area contributed by atoms with Crippen molar-refractivity contribution < 1.29 is 9.84 Å². The smallest absolute Gasteiger partial charge is 0.128 e. The molecule has 0 aromatic heterocycles. The lowest BCUT2D eigenvalue weighted by Gasteiger charge is -2.10. The van der Waals surface area contributed by atoms with Crippen molar-refractivity contribution in [2.45, 2.75) is 13.0 Å². The first-order valence-corrected chi connectivity index (χ1v) is 6.23. The van der Waals surface area contributed by atoms with Crippen LogP contribution in [0.4, 0.5) is 0 Å². The molecule has 0 radical (unpaired) electrons. The highest BCUT2D eigenvalue weighted by molar-refractivity contribution is 6.31. The van der Waals surface area contributed by atoms with E-state index in [9.17, 15) is 5.11 Å². The standard InChI is InChI=1S/C14H12Cl2O2/c1-9(17)13-6-5-12(8-14(13)16)18-11-4-2-3-10(15)7-11/h2-9,17H,1H3. The molecular formula is C14H12Cl2O2. The van der Waals surface area contributed by atoms with Crippen LogP contribution < -0.4 is 4.74 Å². The van der Waals surface area contributed by atoms with E-state index in [1.807, 2.05) is 12.1 Å². The Labute approximate surface area is 116 Å². The van der Waals surface area contributed by atoms with Gasteiger partial charge >= 0.3 is 0 Å². The molecule has 1 N–H and O–H groups in total. The zero-order chi connectivity index (χ0) is 13.1. The molecule has 2 rings (SSSR count). The van der Waals surface area contributed by atoms with Crippen molar-refractivity contribution in [2.75, 3.05) is 0 Å². The van der Waals surface area contributed by atoms with Crippen molar-refractivity contribution in [3.8, 4) is 11.5 Å². The second kappa shape index (κ2) is 5.61. The van der Waals surface area contributed by atoms with Crippen LogP contribution in [0.1, 0.15) is 18.6 Å². The lowest BCUT2D eigenvalue weighted by molar-refractivity contribution is 0.199. The van der Waals surface area contributed by atoms with E-state index in [0.29, 0.717) is 27.1 Å². The number of aliphatic hydroxyl groups is 1. The first-order valence-electron chi connectivity index (χ1n) is 5.47. The summed E-state index contributed by atoms with van der Waals surface area (Å²) in [5, 5.41) is 10.6. The van der Waals surface area contributed by atoms with E-state index in [2.05, 4.69) is 0 Å². The molecule has 0 saturated heterocycles. The zero-order valence-corrected chi connectivity index (χ0v) is 11.2. The van der Waals surface area contributed by atoms with Gasteiger partial charge in [-0.25, -0.2) is 0 Å². The maximum absolute atomic E-state index is 9.48. The minimum absolute atomic E-state index is 0.476. The minimum Gasteiger partial charge on any atom is -0.457 e. The molecule has 0 spiro atoms. The lowest BCUT2D eigenvalue weighted by atomic mass is 10.1. The molecule has 0 amide bonds. The first kappa shape index (κ1) is 13.2. The number of hydrogen-bond donors (Lipinski definition) is 1. The third-order valence-corrected chi connectivity index (χ3v) is 3.02. The summed E-state index contributed by atoms with van der Waals surface area (Å²) in [6.45, 7) is 1.67. The highest BCUT2D eigenvalue weighted by Gasteiger charge is 2.08. The summed E-state index contributed by atoms with van der Waals surface area (Å²) in [4.78, 5) is 0. The van der Waals surface area contributed by atoms with Crippen molar-refractivity contribution >= 4 is 23.2 Å². The predicted octanol–water partition coefficient (Wildman–Crippen LogP) is 4.84. The van der Waals surface area contributed by atoms with E-state index in [1.165, 1.54) is 0 Å². The number of rotatable bonds is 3. The van der Waals surface area contributed by atoms with Gasteiger partial charge in [0, 0.05) is 5.02 Å². The summed E-state index contributed by atoms with van der Waals surface area (Å²) < 4.78 is 5.62. The number of aliphatic hydroxyl groups excluding tert-OH is 1. The molecular weight excluding hydrogens is 271 g/mol. The molecule has 0 bridgehead atoms. The third-order valence-electron chi connectivity index (χ3n) is 2.45. The van der Waals surface area contributed by atoms with Crippen molar-refractivity contribution in [1.82, 2.24) is 0 Å². The highest BCUT2D eigenvalue weighted by Crippen LogP contribution is 2.30. The fourth-order valence-corrected chi connectivity index (χ4v) is 2.09. The molecule has 18 heavy (non-hydrogen) atoms. The van der Waals surface area contributed by atoms with Gasteiger partial charge in [-0.15, -0.1) is 0 Å². The number of benzene rings is 2. The van der Waals surface area contributed by atoms with Crippen molar-refractivity contribution in [1.29, 1.82) is 0 Å². The number of ether oxygens (including phenoxy) is 1. The fraction of sp³-hybridized carbons (Fsp3) is 0.143. The predicted molar refractivity (Wildman–Crippen MR) is 73.6 cm³/mol. The third kappa shape index (κ3) is 3.16. The Morgan fingerprint density at radius 2 is 1.78 bits per heavy atom. The van der Waals surface area contributed by atoms with E-state index in [1.54, 1.807) is 37.3 Å². The Balaban J connectivity index is 2.23. The number of halogens is 2. The van der Waals surface area contributed by atoms with Gasteiger partial charge in [0.05, 0.1) is 11.1 Å². The summed E-state index contributed by atoms with van der Waals surface area (Å²) >= 11 is 11.9. The molecule has 0 aliphatic rings. The van der Waals surface area contributed by atoms with E-state index in [-0.39, 0.29) is 0 Å². The first-order chi connectivity index (χ1) is 8.56. The quantitative estimate of drug-likeness (QED) is 0.873. The SMILES string of the molecule is CC(O)c1ccc(Oc2cccc(Cl)c2)cc1Cl. The molecule has 2 aromatic rings. The van der Waals surface area contributed by atoms with Crippen LogP contribution in [0.2, 0.25) is 10.0 Å². The van der Waals surface area contributed by atoms with E-state index in [0.717, 1.165) is 0 Å². The van der Waals surface area contributed by atoms with Crippen molar-refractivity contribution in [2.24, 2.45) is 0 Å². The van der Waals surface area contributed by atoms with Gasteiger partial charge in [-0.1, -0.05) is 35.3 Å². The molecule has 0 fully saturated rings. The van der Waals surface area contributed by atoms with Crippen LogP contribution in [0.25, 0.3) is 0 Å². The topological polar surface area (TPSA) is 29.5 Å². The van der Waals surface area contributed by atoms with Gasteiger partial charge in [0.25, 0.3) is 0 Å². The van der Waals surface area contributed by atoms with E-state index in [4.69, 9.17) is 27.9 Å². The Morgan fingerprint density at radius 3 is 2.39 bits per heavy atom. The van der Waals surface area contributed by atoms with Crippen LogP contribution in [0.3, 0.4) is 0 Å². The summed E-state index contributed by atoms with van der Waals surface area (Å²) in [6, 6.07) is 12.3. The maximum Gasteiger partial charge on any atom is 0.128 e. The molecule has 94 valence electrons. The molecule has 0 heterocycles. The Kier molecular flexibility index (Phi) is 4.12. The Bertz CT molecular complexity index is 553. The summed E-state index contributed by atoms with van der Waals surface area (Å²) in [5.74, 6) is 1.25. The molecule has 2 nitrogen and oxygen atoms in total. The molecule has 0 aliphatic carbocycles. The average Bonchev–Trinajstić information content (AvgIpc) is 2.28.